The first-order valence-electron chi connectivity index (χ1n) is 9.70. The molecule has 0 radical (unpaired) electrons. The van der Waals surface area contributed by atoms with Crippen molar-refractivity contribution >= 4 is 11.7 Å². The van der Waals surface area contributed by atoms with Crippen molar-refractivity contribution in [1.29, 1.82) is 0 Å². The second-order valence-electron chi connectivity index (χ2n) is 7.06. The molecule has 0 saturated carbocycles. The number of benzene rings is 2. The molecule has 1 amide bonds. The van der Waals surface area contributed by atoms with Crippen LogP contribution in [0.4, 0.5) is 5.82 Å². The summed E-state index contributed by atoms with van der Waals surface area (Å²) in [5, 5.41) is 11.5. The van der Waals surface area contributed by atoms with E-state index in [1.807, 2.05) is 49.5 Å². The summed E-state index contributed by atoms with van der Waals surface area (Å²) >= 11 is 0. The monoisotopic (exact) mass is 401 g/mol. The molecule has 2 aromatic heterocycles. The highest BCUT2D eigenvalue weighted by Gasteiger charge is 2.12. The largest absolute Gasteiger partial charge is 0.471 e. The summed E-state index contributed by atoms with van der Waals surface area (Å²) < 4.78 is 9.14. The van der Waals surface area contributed by atoms with E-state index < -0.39 is 0 Å². The Morgan fingerprint density at radius 3 is 2.43 bits per heavy atom. The normalized spacial score (nSPS) is 10.7. The van der Waals surface area contributed by atoms with Gasteiger partial charge >= 0.3 is 0 Å². The third-order valence-corrected chi connectivity index (χ3v) is 4.80. The van der Waals surface area contributed by atoms with Gasteiger partial charge in [-0.2, -0.15) is 10.2 Å². The SMILES string of the molecule is Cc1ccccc1Cn1ccc(NC(=O)c2ccn(COc3ccccc3C)n2)n1. The minimum Gasteiger partial charge on any atom is -0.471 e. The van der Waals surface area contributed by atoms with Crippen molar-refractivity contribution in [1.82, 2.24) is 19.6 Å². The third kappa shape index (κ3) is 4.57. The Hall–Kier alpha value is -3.87. The molecule has 2 aromatic carbocycles. The van der Waals surface area contributed by atoms with Crippen molar-refractivity contribution in [3.05, 3.63) is 95.4 Å². The zero-order chi connectivity index (χ0) is 20.9. The van der Waals surface area contributed by atoms with Crippen LogP contribution in [0, 0.1) is 13.8 Å². The van der Waals surface area contributed by atoms with Crippen LogP contribution in [0.25, 0.3) is 0 Å². The minimum absolute atomic E-state index is 0.225. The van der Waals surface area contributed by atoms with Crippen molar-refractivity contribution in [3.8, 4) is 5.75 Å². The topological polar surface area (TPSA) is 74.0 Å². The Morgan fingerprint density at radius 1 is 0.900 bits per heavy atom. The molecule has 0 saturated heterocycles. The van der Waals surface area contributed by atoms with Gasteiger partial charge in [0.2, 0.25) is 0 Å². The van der Waals surface area contributed by atoms with Gasteiger partial charge in [-0.05, 0) is 42.7 Å². The lowest BCUT2D eigenvalue weighted by molar-refractivity contribution is 0.101. The molecule has 30 heavy (non-hydrogen) atoms. The number of hydrogen-bond donors (Lipinski definition) is 1. The van der Waals surface area contributed by atoms with Gasteiger partial charge in [0.1, 0.15) is 5.75 Å². The molecule has 7 nitrogen and oxygen atoms in total. The first-order valence-corrected chi connectivity index (χ1v) is 9.70. The molecule has 0 bridgehead atoms. The summed E-state index contributed by atoms with van der Waals surface area (Å²) in [4.78, 5) is 12.5. The zero-order valence-corrected chi connectivity index (χ0v) is 16.9. The second kappa shape index (κ2) is 8.65. The molecule has 0 aliphatic heterocycles. The predicted molar refractivity (Wildman–Crippen MR) is 114 cm³/mol. The Labute approximate surface area is 174 Å². The van der Waals surface area contributed by atoms with E-state index in [1.54, 1.807) is 27.7 Å². The highest BCUT2D eigenvalue weighted by molar-refractivity contribution is 6.02. The number of anilines is 1. The van der Waals surface area contributed by atoms with Crippen LogP contribution in [0.15, 0.2) is 73.1 Å². The van der Waals surface area contributed by atoms with Crippen LogP contribution in [-0.2, 0) is 13.3 Å². The first-order chi connectivity index (χ1) is 14.6. The van der Waals surface area contributed by atoms with E-state index in [0.717, 1.165) is 11.3 Å². The van der Waals surface area contributed by atoms with E-state index in [1.165, 1.54) is 11.1 Å². The van der Waals surface area contributed by atoms with Crippen molar-refractivity contribution in [2.45, 2.75) is 27.1 Å². The number of hydrogen-bond acceptors (Lipinski definition) is 4. The molecule has 4 aromatic rings. The maximum atomic E-state index is 12.5. The van der Waals surface area contributed by atoms with Crippen LogP contribution in [0.3, 0.4) is 0 Å². The number of aromatic nitrogens is 4. The maximum absolute atomic E-state index is 12.5. The van der Waals surface area contributed by atoms with Gasteiger partial charge in [0.15, 0.2) is 18.2 Å². The molecule has 0 fully saturated rings. The van der Waals surface area contributed by atoms with Gasteiger partial charge < -0.3 is 10.1 Å². The summed E-state index contributed by atoms with van der Waals surface area (Å²) in [6, 6.07) is 19.3. The van der Waals surface area contributed by atoms with E-state index in [4.69, 9.17) is 4.74 Å². The van der Waals surface area contributed by atoms with Crippen LogP contribution in [0.2, 0.25) is 0 Å². The summed E-state index contributed by atoms with van der Waals surface area (Å²) in [6.07, 6.45) is 3.56. The van der Waals surface area contributed by atoms with Crippen molar-refractivity contribution in [2.24, 2.45) is 0 Å². The average molecular weight is 401 g/mol. The van der Waals surface area contributed by atoms with Crippen molar-refractivity contribution < 1.29 is 9.53 Å². The Balaban J connectivity index is 1.35. The quantitative estimate of drug-likeness (QED) is 0.507. The second-order valence-corrected chi connectivity index (χ2v) is 7.06. The van der Waals surface area contributed by atoms with Crippen LogP contribution < -0.4 is 10.1 Å². The molecule has 0 spiro atoms. The van der Waals surface area contributed by atoms with Crippen LogP contribution in [0.5, 0.6) is 5.75 Å². The van der Waals surface area contributed by atoms with Gasteiger partial charge in [0.05, 0.1) is 6.54 Å². The van der Waals surface area contributed by atoms with Gasteiger partial charge in [-0.15, -0.1) is 0 Å². The highest BCUT2D eigenvalue weighted by Crippen LogP contribution is 2.16. The molecule has 0 aliphatic rings. The lowest BCUT2D eigenvalue weighted by Gasteiger charge is -2.08. The number of ether oxygens (including phenoxy) is 1. The van der Waals surface area contributed by atoms with Gasteiger partial charge in [0.25, 0.3) is 5.91 Å². The van der Waals surface area contributed by atoms with Gasteiger partial charge in [-0.3, -0.25) is 9.48 Å². The number of nitrogens with zero attached hydrogens (tertiary/aromatic N) is 4. The van der Waals surface area contributed by atoms with Crippen molar-refractivity contribution in [3.63, 3.8) is 0 Å². The van der Waals surface area contributed by atoms with E-state index in [2.05, 4.69) is 34.6 Å². The Kier molecular flexibility index (Phi) is 5.61. The number of nitrogens with one attached hydrogen (secondary N) is 1. The zero-order valence-electron chi connectivity index (χ0n) is 16.9. The molecular formula is C23H23N5O2. The van der Waals surface area contributed by atoms with Gasteiger partial charge in [0, 0.05) is 18.5 Å². The summed E-state index contributed by atoms with van der Waals surface area (Å²) in [6.45, 7) is 4.92. The average Bonchev–Trinajstić information content (AvgIpc) is 3.39. The summed E-state index contributed by atoms with van der Waals surface area (Å²) in [5.41, 5.74) is 3.74. The molecular weight excluding hydrogens is 378 g/mol. The first kappa shape index (κ1) is 19.4. The maximum Gasteiger partial charge on any atom is 0.277 e. The van der Waals surface area contributed by atoms with Crippen LogP contribution in [-0.4, -0.2) is 25.5 Å². The molecule has 0 unspecified atom stereocenters. The van der Waals surface area contributed by atoms with Gasteiger partial charge in [-0.25, -0.2) is 4.68 Å². The Bertz CT molecular complexity index is 1160. The smallest absolute Gasteiger partial charge is 0.277 e. The molecule has 4 rings (SSSR count). The number of carbonyl (C=O) groups is 1. The lowest BCUT2D eigenvalue weighted by Crippen LogP contribution is -2.15. The molecule has 1 N–H and O–H groups in total. The Morgan fingerprint density at radius 2 is 1.63 bits per heavy atom. The molecule has 0 atom stereocenters. The predicted octanol–water partition coefficient (Wildman–Crippen LogP) is 4.03. The molecule has 0 aliphatic carbocycles. The minimum atomic E-state index is -0.314. The molecule has 7 heteroatoms. The van der Waals surface area contributed by atoms with E-state index >= 15 is 0 Å². The van der Waals surface area contributed by atoms with Crippen LogP contribution >= 0.6 is 0 Å². The number of amides is 1. The lowest BCUT2D eigenvalue weighted by atomic mass is 10.1. The standard InChI is InChI=1S/C23H23N5O2/c1-17-7-3-5-9-19(17)15-27-14-12-22(26-27)24-23(29)20-11-13-28(25-20)16-30-21-10-6-4-8-18(21)2/h3-14H,15-16H2,1-2H3,(H,24,26,29). The van der Waals surface area contributed by atoms with E-state index in [0.29, 0.717) is 18.1 Å². The number of aryl methyl sites for hydroxylation is 2. The highest BCUT2D eigenvalue weighted by atomic mass is 16.5. The van der Waals surface area contributed by atoms with Crippen molar-refractivity contribution in [2.75, 3.05) is 5.32 Å². The fourth-order valence-electron chi connectivity index (χ4n) is 3.07. The summed E-state index contributed by atoms with van der Waals surface area (Å²) in [7, 11) is 0. The van der Waals surface area contributed by atoms with Gasteiger partial charge in [-0.1, -0.05) is 42.5 Å². The fraction of sp³-hybridized carbons (Fsp3) is 0.174. The number of carbonyl (C=O) groups excluding carboxylic acids is 1. The number of rotatable bonds is 7. The van der Waals surface area contributed by atoms with E-state index in [9.17, 15) is 4.79 Å². The number of para-hydroxylation sites is 1. The van der Waals surface area contributed by atoms with Crippen LogP contribution in [0.1, 0.15) is 27.2 Å². The molecule has 2 heterocycles. The summed E-state index contributed by atoms with van der Waals surface area (Å²) in [5.74, 6) is 0.961. The molecule has 152 valence electrons. The van der Waals surface area contributed by atoms with E-state index in [-0.39, 0.29) is 12.6 Å². The fourth-order valence-corrected chi connectivity index (χ4v) is 3.07. The third-order valence-electron chi connectivity index (χ3n) is 4.80.